The summed E-state index contributed by atoms with van der Waals surface area (Å²) in [6.07, 6.45) is 11.9. The molecule has 0 saturated heterocycles. The topological polar surface area (TPSA) is 12.0 Å². The van der Waals surface area contributed by atoms with Gasteiger partial charge in [0.15, 0.2) is 0 Å². The van der Waals surface area contributed by atoms with Crippen molar-refractivity contribution in [2.24, 2.45) is 0 Å². The number of hydrogen-bond acceptors (Lipinski definition) is 1. The first kappa shape index (κ1) is 4.86. The summed E-state index contributed by atoms with van der Waals surface area (Å²) in [5, 5.41) is 3.22. The van der Waals surface area contributed by atoms with Crippen LogP contribution < -0.4 is 5.32 Å². The Kier molecular flexibility index (Phi) is 0.950. The van der Waals surface area contributed by atoms with Gasteiger partial charge in [0.1, 0.15) is 0 Å². The van der Waals surface area contributed by atoms with E-state index in [0.717, 1.165) is 6.42 Å². The molecule has 1 unspecified atom stereocenters. The zero-order valence-electron chi connectivity index (χ0n) is 5.17. The third-order valence-electron chi connectivity index (χ3n) is 1.73. The molecule has 46 valence electrons. The second-order valence-electron chi connectivity index (χ2n) is 2.35. The van der Waals surface area contributed by atoms with E-state index in [-0.39, 0.29) is 0 Å². The Morgan fingerprint density at radius 3 is 3.44 bits per heavy atom. The maximum absolute atomic E-state index is 3.22. The molecule has 0 amide bonds. The molecule has 1 aliphatic carbocycles. The van der Waals surface area contributed by atoms with Crippen LogP contribution in [0.2, 0.25) is 0 Å². The van der Waals surface area contributed by atoms with Crippen LogP contribution in [0.25, 0.3) is 0 Å². The van der Waals surface area contributed by atoms with Crippen molar-refractivity contribution < 1.29 is 0 Å². The fourth-order valence-corrected chi connectivity index (χ4v) is 1.23. The lowest BCUT2D eigenvalue weighted by Gasteiger charge is -2.10. The van der Waals surface area contributed by atoms with E-state index < -0.39 is 0 Å². The van der Waals surface area contributed by atoms with Crippen LogP contribution in [0.4, 0.5) is 0 Å². The average molecular weight is 119 g/mol. The highest BCUT2D eigenvalue weighted by molar-refractivity contribution is 5.37. The van der Waals surface area contributed by atoms with Crippen LogP contribution in [-0.4, -0.2) is 6.04 Å². The Morgan fingerprint density at radius 1 is 1.56 bits per heavy atom. The standard InChI is InChI=1S/C8H9N/c1-2-4-8-7(3-1)5-6-9-8/h2-6,8-9H,1H2. The van der Waals surface area contributed by atoms with Crippen LogP contribution in [0, 0.1) is 0 Å². The predicted molar refractivity (Wildman–Crippen MR) is 37.9 cm³/mol. The van der Waals surface area contributed by atoms with Crippen LogP contribution in [0.15, 0.2) is 36.1 Å². The Morgan fingerprint density at radius 2 is 2.56 bits per heavy atom. The molecule has 0 aromatic carbocycles. The summed E-state index contributed by atoms with van der Waals surface area (Å²) >= 11 is 0. The molecule has 0 aromatic rings. The van der Waals surface area contributed by atoms with Crippen LogP contribution in [-0.2, 0) is 0 Å². The average Bonchev–Trinajstić information content (AvgIpc) is 2.33. The van der Waals surface area contributed by atoms with Gasteiger partial charge in [0.05, 0.1) is 6.04 Å². The third kappa shape index (κ3) is 0.689. The van der Waals surface area contributed by atoms with Gasteiger partial charge in [-0.3, -0.25) is 0 Å². The summed E-state index contributed by atoms with van der Waals surface area (Å²) in [5.74, 6) is 0. The van der Waals surface area contributed by atoms with Gasteiger partial charge in [-0.15, -0.1) is 0 Å². The minimum atomic E-state index is 0.485. The maximum atomic E-state index is 3.22. The van der Waals surface area contributed by atoms with E-state index >= 15 is 0 Å². The zero-order valence-corrected chi connectivity index (χ0v) is 5.17. The lowest BCUT2D eigenvalue weighted by Crippen LogP contribution is -2.18. The summed E-state index contributed by atoms with van der Waals surface area (Å²) in [6.45, 7) is 0. The van der Waals surface area contributed by atoms with Crippen molar-refractivity contribution in [2.45, 2.75) is 12.5 Å². The summed E-state index contributed by atoms with van der Waals surface area (Å²) in [7, 11) is 0. The quantitative estimate of drug-likeness (QED) is 0.475. The molecule has 0 radical (unpaired) electrons. The molecule has 1 nitrogen and oxygen atoms in total. The molecule has 1 N–H and O–H groups in total. The Hall–Kier alpha value is -0.980. The van der Waals surface area contributed by atoms with E-state index in [0.29, 0.717) is 6.04 Å². The van der Waals surface area contributed by atoms with Gasteiger partial charge in [-0.2, -0.15) is 0 Å². The number of rotatable bonds is 0. The second-order valence-corrected chi connectivity index (χ2v) is 2.35. The van der Waals surface area contributed by atoms with Gasteiger partial charge < -0.3 is 5.32 Å². The largest absolute Gasteiger partial charge is 0.381 e. The predicted octanol–water partition coefficient (Wildman–Crippen LogP) is 1.36. The smallest absolute Gasteiger partial charge is 0.0690 e. The second kappa shape index (κ2) is 1.76. The number of fused-ring (bicyclic) bond motifs is 1. The van der Waals surface area contributed by atoms with Crippen molar-refractivity contribution in [1.82, 2.24) is 5.32 Å². The molecule has 0 spiro atoms. The first-order chi connectivity index (χ1) is 4.47. The molecule has 0 aromatic heterocycles. The van der Waals surface area contributed by atoms with Gasteiger partial charge in [-0.05, 0) is 24.3 Å². The molecule has 0 bridgehead atoms. The van der Waals surface area contributed by atoms with E-state index in [1.54, 1.807) is 0 Å². The van der Waals surface area contributed by atoms with Crippen LogP contribution in [0.5, 0.6) is 0 Å². The van der Waals surface area contributed by atoms with E-state index in [1.807, 2.05) is 6.20 Å². The summed E-state index contributed by atoms with van der Waals surface area (Å²) in [4.78, 5) is 0. The van der Waals surface area contributed by atoms with Gasteiger partial charge in [-0.25, -0.2) is 0 Å². The van der Waals surface area contributed by atoms with Crippen LogP contribution in [0.3, 0.4) is 0 Å². The summed E-state index contributed by atoms with van der Waals surface area (Å²) < 4.78 is 0. The van der Waals surface area contributed by atoms with Crippen molar-refractivity contribution in [1.29, 1.82) is 0 Å². The normalized spacial score (nSPS) is 29.3. The molecule has 1 heteroatoms. The van der Waals surface area contributed by atoms with Crippen molar-refractivity contribution in [3.8, 4) is 0 Å². The first-order valence-corrected chi connectivity index (χ1v) is 3.26. The molecular weight excluding hydrogens is 110 g/mol. The molecule has 2 rings (SSSR count). The zero-order chi connectivity index (χ0) is 6.10. The Balaban J connectivity index is 2.29. The number of nitrogens with one attached hydrogen (secondary N) is 1. The fraction of sp³-hybridized carbons (Fsp3) is 0.250. The van der Waals surface area contributed by atoms with Crippen LogP contribution in [0.1, 0.15) is 6.42 Å². The fourth-order valence-electron chi connectivity index (χ4n) is 1.23. The van der Waals surface area contributed by atoms with Crippen molar-refractivity contribution in [2.75, 3.05) is 0 Å². The molecule has 0 saturated carbocycles. The summed E-state index contributed by atoms with van der Waals surface area (Å²) in [6, 6.07) is 0.485. The van der Waals surface area contributed by atoms with E-state index in [2.05, 4.69) is 29.6 Å². The SMILES string of the molecule is C1=CC2NC=CC2=CC1. The minimum Gasteiger partial charge on any atom is -0.381 e. The molecule has 0 fully saturated rings. The highest BCUT2D eigenvalue weighted by Gasteiger charge is 2.12. The van der Waals surface area contributed by atoms with Gasteiger partial charge >= 0.3 is 0 Å². The van der Waals surface area contributed by atoms with Gasteiger partial charge in [0.2, 0.25) is 0 Å². The lowest BCUT2D eigenvalue weighted by atomic mass is 10.0. The highest BCUT2D eigenvalue weighted by Crippen LogP contribution is 2.16. The Labute approximate surface area is 54.8 Å². The van der Waals surface area contributed by atoms with E-state index in [1.165, 1.54) is 5.57 Å². The number of hydrogen-bond donors (Lipinski definition) is 1. The lowest BCUT2D eigenvalue weighted by molar-refractivity contribution is 0.833. The van der Waals surface area contributed by atoms with Crippen molar-refractivity contribution >= 4 is 0 Å². The molecular formula is C8H9N. The maximum Gasteiger partial charge on any atom is 0.0690 e. The first-order valence-electron chi connectivity index (χ1n) is 3.26. The highest BCUT2D eigenvalue weighted by atomic mass is 14.9. The van der Waals surface area contributed by atoms with Gasteiger partial charge in [0, 0.05) is 0 Å². The van der Waals surface area contributed by atoms with Gasteiger partial charge in [-0.1, -0.05) is 18.2 Å². The van der Waals surface area contributed by atoms with E-state index in [4.69, 9.17) is 0 Å². The third-order valence-corrected chi connectivity index (χ3v) is 1.73. The van der Waals surface area contributed by atoms with Gasteiger partial charge in [0.25, 0.3) is 0 Å². The molecule has 1 heterocycles. The molecule has 1 atom stereocenters. The van der Waals surface area contributed by atoms with E-state index in [9.17, 15) is 0 Å². The minimum absolute atomic E-state index is 0.485. The van der Waals surface area contributed by atoms with Crippen molar-refractivity contribution in [3.63, 3.8) is 0 Å². The Bertz CT molecular complexity index is 199. The number of allylic oxidation sites excluding steroid dienone is 2. The summed E-state index contributed by atoms with van der Waals surface area (Å²) in [5.41, 5.74) is 1.41. The molecule has 2 aliphatic rings. The molecule has 9 heavy (non-hydrogen) atoms. The molecule has 1 aliphatic heterocycles. The van der Waals surface area contributed by atoms with Crippen LogP contribution >= 0.6 is 0 Å². The van der Waals surface area contributed by atoms with Crippen molar-refractivity contribution in [3.05, 3.63) is 36.1 Å². The monoisotopic (exact) mass is 119 g/mol.